The van der Waals surface area contributed by atoms with Gasteiger partial charge in [0, 0.05) is 12.3 Å². The highest BCUT2D eigenvalue weighted by Crippen LogP contribution is 2.31. The van der Waals surface area contributed by atoms with Crippen molar-refractivity contribution in [2.24, 2.45) is 0 Å². The predicted octanol–water partition coefficient (Wildman–Crippen LogP) is -2.51. The molecule has 0 bridgehead atoms. The second kappa shape index (κ2) is 5.85. The molecule has 0 aromatic carbocycles. The van der Waals surface area contributed by atoms with Gasteiger partial charge in [-0.05, 0) is 0 Å². The summed E-state index contributed by atoms with van der Waals surface area (Å²) < 4.78 is 8.47. The molecule has 23 heavy (non-hydrogen) atoms. The molecule has 4 rings (SSSR count). The summed E-state index contributed by atoms with van der Waals surface area (Å²) in [7, 11) is 0. The molecular weight excluding hydrogens is 328 g/mol. The number of rotatable bonds is 2. The lowest BCUT2D eigenvalue weighted by molar-refractivity contribution is -0.0511. The minimum absolute atomic E-state index is 0. The molecule has 5 N–H and O–H groups in total. The number of aliphatic hydroxyl groups is 3. The second-order valence-corrected chi connectivity index (χ2v) is 6.31. The Kier molecular flexibility index (Phi) is 4.16. The molecule has 0 saturated carbocycles. The lowest BCUT2D eigenvalue weighted by atomic mass is 10.1. The van der Waals surface area contributed by atoms with Crippen LogP contribution in [0, 0.1) is 0 Å². The van der Waals surface area contributed by atoms with Gasteiger partial charge in [0.05, 0.1) is 12.9 Å². The Morgan fingerprint density at radius 2 is 2.17 bits per heavy atom. The lowest BCUT2D eigenvalue weighted by Gasteiger charge is -2.16. The normalized spacial score (nSPS) is 29.7. The van der Waals surface area contributed by atoms with E-state index in [1.807, 2.05) is 0 Å². The van der Waals surface area contributed by atoms with E-state index in [-0.39, 0.29) is 16.6 Å². The van der Waals surface area contributed by atoms with Crippen molar-refractivity contribution in [1.29, 1.82) is 0 Å². The summed E-state index contributed by atoms with van der Waals surface area (Å²) >= 11 is 1.48. The molecular formula is C12H16N4O6S. The largest absolute Gasteiger partial charge is 0.412 e. The Morgan fingerprint density at radius 1 is 1.39 bits per heavy atom. The first kappa shape index (κ1) is 16.4. The molecule has 4 heterocycles. The van der Waals surface area contributed by atoms with Gasteiger partial charge < -0.3 is 25.5 Å². The van der Waals surface area contributed by atoms with Gasteiger partial charge in [-0.3, -0.25) is 13.9 Å². The van der Waals surface area contributed by atoms with Gasteiger partial charge in [0.15, 0.2) is 22.5 Å². The first-order valence-corrected chi connectivity index (χ1v) is 7.83. The third-order valence-corrected chi connectivity index (χ3v) is 4.94. The number of fused-ring (bicyclic) bond motifs is 2. The summed E-state index contributed by atoms with van der Waals surface area (Å²) in [6.07, 6.45) is -2.92. The van der Waals surface area contributed by atoms with Crippen LogP contribution in [0.25, 0.3) is 11.2 Å². The van der Waals surface area contributed by atoms with Gasteiger partial charge in [0.1, 0.15) is 18.3 Å². The smallest absolute Gasteiger partial charge is 0.282 e. The number of ether oxygens (including phenoxy) is 1. The molecule has 2 aromatic heterocycles. The van der Waals surface area contributed by atoms with Crippen LogP contribution >= 0.6 is 11.8 Å². The van der Waals surface area contributed by atoms with Crippen molar-refractivity contribution in [1.82, 2.24) is 19.1 Å². The molecule has 126 valence electrons. The molecule has 1 saturated heterocycles. The maximum atomic E-state index is 12.4. The summed E-state index contributed by atoms with van der Waals surface area (Å²) in [5, 5.41) is 29.7. The summed E-state index contributed by atoms with van der Waals surface area (Å²) in [5.74, 6) is 0.780. The van der Waals surface area contributed by atoms with Crippen molar-refractivity contribution in [3.8, 4) is 0 Å². The van der Waals surface area contributed by atoms with Gasteiger partial charge in [0.25, 0.3) is 5.56 Å². The maximum absolute atomic E-state index is 12.4. The number of hydrogen-bond donors (Lipinski definition) is 3. The van der Waals surface area contributed by atoms with Crippen molar-refractivity contribution in [2.45, 2.75) is 36.2 Å². The van der Waals surface area contributed by atoms with Crippen LogP contribution in [0.5, 0.6) is 0 Å². The molecule has 0 amide bonds. The van der Waals surface area contributed by atoms with E-state index in [1.165, 1.54) is 22.7 Å². The van der Waals surface area contributed by atoms with Crippen molar-refractivity contribution in [2.75, 3.05) is 12.4 Å². The topological polar surface area (TPSA) is 154 Å². The van der Waals surface area contributed by atoms with Crippen LogP contribution in [-0.4, -0.2) is 70.6 Å². The van der Waals surface area contributed by atoms with Crippen LogP contribution in [0.2, 0.25) is 0 Å². The van der Waals surface area contributed by atoms with Crippen LogP contribution in [0.3, 0.4) is 0 Å². The summed E-state index contributed by atoms with van der Waals surface area (Å²) in [6, 6.07) is 0. The average Bonchev–Trinajstić information content (AvgIpc) is 3.20. The van der Waals surface area contributed by atoms with Gasteiger partial charge in [-0.1, -0.05) is 11.8 Å². The van der Waals surface area contributed by atoms with Gasteiger partial charge in [0.2, 0.25) is 0 Å². The van der Waals surface area contributed by atoms with Crippen molar-refractivity contribution in [3.05, 3.63) is 16.7 Å². The van der Waals surface area contributed by atoms with Crippen LogP contribution in [0.15, 0.2) is 16.3 Å². The Hall–Kier alpha value is -1.50. The van der Waals surface area contributed by atoms with Crippen LogP contribution in [0.1, 0.15) is 6.23 Å². The maximum Gasteiger partial charge on any atom is 0.282 e. The second-order valence-electron chi connectivity index (χ2n) is 5.25. The quantitative estimate of drug-likeness (QED) is 0.505. The third kappa shape index (κ3) is 2.28. The third-order valence-electron chi connectivity index (χ3n) is 3.99. The highest BCUT2D eigenvalue weighted by Gasteiger charge is 2.44. The fourth-order valence-electron chi connectivity index (χ4n) is 2.81. The first-order chi connectivity index (χ1) is 10.6. The molecule has 4 atom stereocenters. The monoisotopic (exact) mass is 344 g/mol. The Balaban J connectivity index is 0.00000156. The van der Waals surface area contributed by atoms with Gasteiger partial charge in [-0.15, -0.1) is 0 Å². The molecule has 10 nitrogen and oxygen atoms in total. The highest BCUT2D eigenvalue weighted by atomic mass is 32.2. The minimum atomic E-state index is -1.24. The van der Waals surface area contributed by atoms with E-state index >= 15 is 0 Å². The van der Waals surface area contributed by atoms with Crippen molar-refractivity contribution < 1.29 is 25.5 Å². The number of thioether (sulfide) groups is 1. The summed E-state index contributed by atoms with van der Waals surface area (Å²) in [4.78, 5) is 20.9. The van der Waals surface area contributed by atoms with Crippen molar-refractivity contribution >= 4 is 22.9 Å². The number of aromatic nitrogens is 4. The fraction of sp³-hybridized carbons (Fsp3) is 0.583. The zero-order chi connectivity index (χ0) is 15.4. The summed E-state index contributed by atoms with van der Waals surface area (Å²) in [5.41, 5.74) is 0.278. The SMILES string of the molecule is O.O=c1c2ncn([C@@H]3O[C@H](CO)[C@@H](O)[C@H]3O)c2nc2n1CCS2. The molecule has 11 heteroatoms. The molecule has 2 aliphatic heterocycles. The minimum Gasteiger partial charge on any atom is -0.412 e. The Morgan fingerprint density at radius 3 is 2.87 bits per heavy atom. The van der Waals surface area contributed by atoms with E-state index in [4.69, 9.17) is 9.84 Å². The molecule has 0 aliphatic carbocycles. The summed E-state index contributed by atoms with van der Waals surface area (Å²) in [6.45, 7) is 0.186. The number of hydrogen-bond acceptors (Lipinski definition) is 8. The Labute approximate surface area is 133 Å². The van der Waals surface area contributed by atoms with E-state index in [9.17, 15) is 15.0 Å². The van der Waals surface area contributed by atoms with E-state index in [0.717, 1.165) is 5.75 Å². The van der Waals surface area contributed by atoms with Crippen molar-refractivity contribution in [3.63, 3.8) is 0 Å². The van der Waals surface area contributed by atoms with Gasteiger partial charge in [-0.2, -0.15) is 0 Å². The van der Waals surface area contributed by atoms with Crippen LogP contribution < -0.4 is 5.56 Å². The fourth-order valence-corrected chi connectivity index (χ4v) is 3.75. The first-order valence-electron chi connectivity index (χ1n) is 6.84. The average molecular weight is 344 g/mol. The highest BCUT2D eigenvalue weighted by molar-refractivity contribution is 7.99. The number of imidazole rings is 1. The molecule has 0 spiro atoms. The van der Waals surface area contributed by atoms with Gasteiger partial charge >= 0.3 is 0 Å². The predicted molar refractivity (Wildman–Crippen MR) is 79.1 cm³/mol. The number of aliphatic hydroxyl groups excluding tert-OH is 3. The molecule has 0 radical (unpaired) electrons. The molecule has 2 aliphatic rings. The Bertz CT molecular complexity index is 792. The molecule has 0 unspecified atom stereocenters. The molecule has 1 fully saturated rings. The zero-order valence-corrected chi connectivity index (χ0v) is 12.7. The standard InChI is InChI=1S/C12H14N4O5S.H2O/c17-3-5-7(18)8(19)11(21-5)16-4-13-6-9(16)14-12-15(10(6)20)1-2-22-12;/h4-5,7-8,11,17-19H,1-3H2;1H2/t5-,7-,8-,11-;/m1./s1. The van der Waals surface area contributed by atoms with E-state index in [1.54, 1.807) is 4.57 Å². The lowest BCUT2D eigenvalue weighted by Crippen LogP contribution is -2.33. The number of nitrogens with zero attached hydrogens (tertiary/aromatic N) is 4. The van der Waals surface area contributed by atoms with Crippen LogP contribution in [0.4, 0.5) is 0 Å². The molecule has 2 aromatic rings. The van der Waals surface area contributed by atoms with Gasteiger partial charge in [-0.25, -0.2) is 9.97 Å². The zero-order valence-electron chi connectivity index (χ0n) is 11.9. The van der Waals surface area contributed by atoms with E-state index < -0.39 is 31.1 Å². The van der Waals surface area contributed by atoms with E-state index in [0.29, 0.717) is 17.3 Å². The van der Waals surface area contributed by atoms with Crippen LogP contribution in [-0.2, 0) is 11.3 Å². The van der Waals surface area contributed by atoms with E-state index in [2.05, 4.69) is 9.97 Å².